The molecule has 0 saturated heterocycles. The van der Waals surface area contributed by atoms with Gasteiger partial charge in [0.15, 0.2) is 5.82 Å². The summed E-state index contributed by atoms with van der Waals surface area (Å²) >= 11 is 5.95. The summed E-state index contributed by atoms with van der Waals surface area (Å²) in [4.78, 5) is 15.2. The first kappa shape index (κ1) is 10.8. The first-order valence-corrected chi connectivity index (χ1v) is 4.93. The maximum Gasteiger partial charge on any atom is 0.313 e. The van der Waals surface area contributed by atoms with Gasteiger partial charge >= 0.3 is 5.97 Å². The third-order valence-corrected chi connectivity index (χ3v) is 2.31. The van der Waals surface area contributed by atoms with Crippen LogP contribution >= 0.6 is 11.6 Å². The molecule has 0 saturated carbocycles. The van der Waals surface area contributed by atoms with Crippen LogP contribution in [0.3, 0.4) is 0 Å². The van der Waals surface area contributed by atoms with Crippen molar-refractivity contribution in [2.45, 2.75) is 6.42 Å². The molecule has 16 heavy (non-hydrogen) atoms. The number of esters is 1. The summed E-state index contributed by atoms with van der Waals surface area (Å²) in [5, 5.41) is 8.22. The first-order valence-electron chi connectivity index (χ1n) is 4.55. The molecular weight excluding hydrogens is 230 g/mol. The molecule has 1 aromatic heterocycles. The predicted molar refractivity (Wildman–Crippen MR) is 58.1 cm³/mol. The number of hydrogen-bond acceptors (Lipinski definition) is 5. The Hall–Kier alpha value is -1.75. The highest BCUT2D eigenvalue weighted by Gasteiger charge is 2.09. The van der Waals surface area contributed by atoms with E-state index in [0.29, 0.717) is 21.9 Å². The summed E-state index contributed by atoms with van der Waals surface area (Å²) < 4.78 is 4.52. The Bertz CT molecular complexity index is 545. The van der Waals surface area contributed by atoms with Crippen molar-refractivity contribution in [3.8, 4) is 0 Å². The third-order valence-electron chi connectivity index (χ3n) is 2.01. The second kappa shape index (κ2) is 4.40. The molecule has 0 amide bonds. The number of hydrogen-bond donors (Lipinski definition) is 0. The number of methoxy groups -OCH3 is 1. The molecule has 0 aliphatic rings. The molecule has 0 radical (unpaired) electrons. The van der Waals surface area contributed by atoms with Crippen molar-refractivity contribution in [2.24, 2.45) is 0 Å². The average molecular weight is 238 g/mol. The topological polar surface area (TPSA) is 65.0 Å². The molecule has 5 nitrogen and oxygen atoms in total. The molecule has 2 aromatic rings. The Morgan fingerprint density at radius 1 is 1.44 bits per heavy atom. The summed E-state index contributed by atoms with van der Waals surface area (Å²) in [6, 6.07) is 5.23. The molecule has 0 N–H and O–H groups in total. The number of aromatic nitrogens is 3. The number of fused-ring (bicyclic) bond motifs is 1. The van der Waals surface area contributed by atoms with Gasteiger partial charge in [0.1, 0.15) is 17.5 Å². The third kappa shape index (κ3) is 2.09. The number of carbonyl (C=O) groups is 1. The number of para-hydroxylation sites is 1. The SMILES string of the molecule is COC(=O)Cc1nnc2cccc(Cl)c2n1. The summed E-state index contributed by atoms with van der Waals surface area (Å²) in [6.45, 7) is 0. The molecule has 0 bridgehead atoms. The fourth-order valence-electron chi connectivity index (χ4n) is 1.23. The Balaban J connectivity index is 2.43. The van der Waals surface area contributed by atoms with Crippen LogP contribution in [0.1, 0.15) is 5.82 Å². The summed E-state index contributed by atoms with van der Waals surface area (Å²) in [7, 11) is 1.31. The molecule has 0 unspecified atom stereocenters. The Morgan fingerprint density at radius 3 is 3.00 bits per heavy atom. The van der Waals surface area contributed by atoms with E-state index in [1.165, 1.54) is 7.11 Å². The van der Waals surface area contributed by atoms with Crippen molar-refractivity contribution in [3.05, 3.63) is 29.0 Å². The van der Waals surface area contributed by atoms with Crippen LogP contribution < -0.4 is 0 Å². The molecule has 0 atom stereocenters. The Labute approximate surface area is 96.4 Å². The lowest BCUT2D eigenvalue weighted by Crippen LogP contribution is -2.09. The van der Waals surface area contributed by atoms with Gasteiger partial charge in [-0.05, 0) is 12.1 Å². The highest BCUT2D eigenvalue weighted by Crippen LogP contribution is 2.18. The molecule has 0 fully saturated rings. The minimum Gasteiger partial charge on any atom is -0.469 e. The molecule has 0 spiro atoms. The van der Waals surface area contributed by atoms with Crippen LogP contribution in [0.5, 0.6) is 0 Å². The Kier molecular flexibility index (Phi) is 2.96. The van der Waals surface area contributed by atoms with Crippen LogP contribution in [0, 0.1) is 0 Å². The van der Waals surface area contributed by atoms with Gasteiger partial charge < -0.3 is 4.74 Å². The normalized spacial score (nSPS) is 10.4. The van der Waals surface area contributed by atoms with Gasteiger partial charge in [-0.15, -0.1) is 10.2 Å². The maximum atomic E-state index is 11.0. The largest absolute Gasteiger partial charge is 0.469 e. The van der Waals surface area contributed by atoms with E-state index in [0.717, 1.165) is 0 Å². The molecule has 0 aliphatic heterocycles. The molecule has 82 valence electrons. The van der Waals surface area contributed by atoms with Crippen LogP contribution in [-0.2, 0) is 16.0 Å². The minimum atomic E-state index is -0.409. The number of halogens is 1. The summed E-state index contributed by atoms with van der Waals surface area (Å²) in [5.41, 5.74) is 1.14. The second-order valence-corrected chi connectivity index (χ2v) is 3.50. The van der Waals surface area contributed by atoms with Crippen molar-refractivity contribution in [2.75, 3.05) is 7.11 Å². The van der Waals surface area contributed by atoms with E-state index in [4.69, 9.17) is 11.6 Å². The first-order chi connectivity index (χ1) is 7.70. The molecular formula is C10H8ClN3O2. The zero-order valence-electron chi connectivity index (χ0n) is 8.48. The highest BCUT2D eigenvalue weighted by atomic mass is 35.5. The molecule has 1 aromatic carbocycles. The van der Waals surface area contributed by atoms with Crippen molar-refractivity contribution in [3.63, 3.8) is 0 Å². The van der Waals surface area contributed by atoms with Crippen molar-refractivity contribution in [1.82, 2.24) is 15.2 Å². The van der Waals surface area contributed by atoms with E-state index < -0.39 is 5.97 Å². The molecule has 0 aliphatic carbocycles. The van der Waals surface area contributed by atoms with Crippen molar-refractivity contribution in [1.29, 1.82) is 0 Å². The van der Waals surface area contributed by atoms with Crippen LogP contribution in [0.4, 0.5) is 0 Å². The lowest BCUT2D eigenvalue weighted by Gasteiger charge is -2.01. The standard InChI is InChI=1S/C10H8ClN3O2/c1-16-9(15)5-8-12-10-6(11)3-2-4-7(10)13-14-8/h2-4H,5H2,1H3. The zero-order valence-corrected chi connectivity index (χ0v) is 9.23. The number of carbonyl (C=O) groups excluding carboxylic acids is 1. The van der Waals surface area contributed by atoms with Gasteiger partial charge in [0, 0.05) is 0 Å². The van der Waals surface area contributed by atoms with Gasteiger partial charge in [0.05, 0.1) is 12.1 Å². The number of benzene rings is 1. The van der Waals surface area contributed by atoms with Crippen LogP contribution in [0.2, 0.25) is 5.02 Å². The van der Waals surface area contributed by atoms with Gasteiger partial charge in [-0.3, -0.25) is 4.79 Å². The van der Waals surface area contributed by atoms with Crippen LogP contribution in [-0.4, -0.2) is 28.3 Å². The fourth-order valence-corrected chi connectivity index (χ4v) is 1.45. The van der Waals surface area contributed by atoms with Gasteiger partial charge in [0.2, 0.25) is 0 Å². The van der Waals surface area contributed by atoms with Gasteiger partial charge in [-0.1, -0.05) is 17.7 Å². The monoisotopic (exact) mass is 237 g/mol. The zero-order chi connectivity index (χ0) is 11.5. The predicted octanol–water partition coefficient (Wildman–Crippen LogP) is 1.39. The van der Waals surface area contributed by atoms with Gasteiger partial charge in [0.25, 0.3) is 0 Å². The fraction of sp³-hybridized carbons (Fsp3) is 0.200. The quantitative estimate of drug-likeness (QED) is 0.739. The van der Waals surface area contributed by atoms with E-state index in [9.17, 15) is 4.79 Å². The van der Waals surface area contributed by atoms with Gasteiger partial charge in [-0.2, -0.15) is 0 Å². The minimum absolute atomic E-state index is 0.00926. The second-order valence-electron chi connectivity index (χ2n) is 3.09. The summed E-state index contributed by atoms with van der Waals surface area (Å²) in [6.07, 6.45) is -0.00926. The lowest BCUT2D eigenvalue weighted by molar-refractivity contribution is -0.139. The number of ether oxygens (including phenoxy) is 1. The van der Waals surface area contributed by atoms with E-state index in [1.54, 1.807) is 18.2 Å². The van der Waals surface area contributed by atoms with Crippen LogP contribution in [0.25, 0.3) is 11.0 Å². The van der Waals surface area contributed by atoms with Crippen molar-refractivity contribution >= 4 is 28.6 Å². The van der Waals surface area contributed by atoms with E-state index in [2.05, 4.69) is 19.9 Å². The van der Waals surface area contributed by atoms with E-state index >= 15 is 0 Å². The maximum absolute atomic E-state index is 11.0. The number of nitrogens with zero attached hydrogens (tertiary/aromatic N) is 3. The molecule has 1 heterocycles. The lowest BCUT2D eigenvalue weighted by atomic mass is 10.3. The Morgan fingerprint density at radius 2 is 2.25 bits per heavy atom. The average Bonchev–Trinajstić information content (AvgIpc) is 2.30. The van der Waals surface area contributed by atoms with E-state index in [1.807, 2.05) is 0 Å². The number of rotatable bonds is 2. The highest BCUT2D eigenvalue weighted by molar-refractivity contribution is 6.34. The summed E-state index contributed by atoms with van der Waals surface area (Å²) in [5.74, 6) is -0.111. The molecule has 2 rings (SSSR count). The molecule has 6 heteroatoms. The smallest absolute Gasteiger partial charge is 0.313 e. The van der Waals surface area contributed by atoms with Crippen molar-refractivity contribution < 1.29 is 9.53 Å². The van der Waals surface area contributed by atoms with Crippen LogP contribution in [0.15, 0.2) is 18.2 Å². The van der Waals surface area contributed by atoms with E-state index in [-0.39, 0.29) is 6.42 Å². The van der Waals surface area contributed by atoms with Gasteiger partial charge in [-0.25, -0.2) is 4.98 Å².